The first-order valence-electron chi connectivity index (χ1n) is 5.71. The summed E-state index contributed by atoms with van der Waals surface area (Å²) in [5, 5.41) is 11.7. The molecule has 0 aromatic heterocycles. The molecule has 0 fully saturated rings. The minimum Gasteiger partial charge on any atom is -0.480 e. The Morgan fingerprint density at radius 3 is 2.50 bits per heavy atom. The molecule has 3 nitrogen and oxygen atoms in total. The Bertz CT molecular complexity index is 332. The van der Waals surface area contributed by atoms with Crippen LogP contribution in [0.2, 0.25) is 0 Å². The van der Waals surface area contributed by atoms with E-state index in [2.05, 4.69) is 12.2 Å². The van der Waals surface area contributed by atoms with Gasteiger partial charge in [0.2, 0.25) is 0 Å². The maximum Gasteiger partial charge on any atom is 0.325 e. The predicted octanol–water partition coefficient (Wildman–Crippen LogP) is 2.91. The molecule has 88 valence electrons. The highest BCUT2D eigenvalue weighted by atomic mass is 16.4. The molecule has 0 saturated carbocycles. The summed E-state index contributed by atoms with van der Waals surface area (Å²) < 4.78 is 0. The molecule has 0 radical (unpaired) electrons. The molecule has 0 aliphatic rings. The van der Waals surface area contributed by atoms with E-state index in [1.165, 1.54) is 18.4 Å². The van der Waals surface area contributed by atoms with Gasteiger partial charge in [-0.3, -0.25) is 4.79 Å². The second-order valence-electron chi connectivity index (χ2n) is 4.00. The van der Waals surface area contributed by atoms with E-state index in [-0.39, 0.29) is 0 Å². The first-order chi connectivity index (χ1) is 7.63. The molecule has 3 heteroatoms. The lowest BCUT2D eigenvalue weighted by Gasteiger charge is -2.11. The van der Waals surface area contributed by atoms with Crippen molar-refractivity contribution in [3.05, 3.63) is 29.8 Å². The second-order valence-corrected chi connectivity index (χ2v) is 4.00. The quantitative estimate of drug-likeness (QED) is 0.776. The highest BCUT2D eigenvalue weighted by molar-refractivity contribution is 5.76. The van der Waals surface area contributed by atoms with E-state index in [4.69, 9.17) is 5.11 Å². The fourth-order valence-corrected chi connectivity index (χ4v) is 1.46. The van der Waals surface area contributed by atoms with Crippen LogP contribution >= 0.6 is 0 Å². The number of hydrogen-bond donors (Lipinski definition) is 2. The summed E-state index contributed by atoms with van der Waals surface area (Å²) in [6, 6.07) is 7.41. The van der Waals surface area contributed by atoms with Crippen LogP contribution in [0, 0.1) is 0 Å². The number of aryl methyl sites for hydroxylation is 1. The van der Waals surface area contributed by atoms with Crippen LogP contribution in [0.1, 0.15) is 32.3 Å². The largest absolute Gasteiger partial charge is 0.480 e. The molecular weight excluding hydrogens is 202 g/mol. The first kappa shape index (κ1) is 12.6. The minimum atomic E-state index is -0.838. The lowest BCUT2D eigenvalue weighted by atomic mass is 10.1. The Morgan fingerprint density at radius 2 is 2.00 bits per heavy atom. The molecule has 1 rings (SSSR count). The Kier molecular flexibility index (Phi) is 4.83. The summed E-state index contributed by atoms with van der Waals surface area (Å²) in [7, 11) is 0. The van der Waals surface area contributed by atoms with Gasteiger partial charge in [0, 0.05) is 5.69 Å². The summed E-state index contributed by atoms with van der Waals surface area (Å²) in [6.07, 6.45) is 3.47. The summed E-state index contributed by atoms with van der Waals surface area (Å²) in [4.78, 5) is 10.6. The number of benzene rings is 1. The Labute approximate surface area is 96.5 Å². The predicted molar refractivity (Wildman–Crippen MR) is 65.8 cm³/mol. The highest BCUT2D eigenvalue weighted by Gasteiger charge is 2.09. The average Bonchev–Trinajstić information content (AvgIpc) is 2.28. The van der Waals surface area contributed by atoms with Gasteiger partial charge < -0.3 is 10.4 Å². The van der Waals surface area contributed by atoms with E-state index in [0.29, 0.717) is 0 Å². The summed E-state index contributed by atoms with van der Waals surface area (Å²) in [5.74, 6) is -0.838. The van der Waals surface area contributed by atoms with Crippen molar-refractivity contribution < 1.29 is 9.90 Å². The van der Waals surface area contributed by atoms with Gasteiger partial charge in [0.15, 0.2) is 0 Å². The summed E-state index contributed by atoms with van der Waals surface area (Å²) >= 11 is 0. The van der Waals surface area contributed by atoms with Crippen molar-refractivity contribution in [3.63, 3.8) is 0 Å². The van der Waals surface area contributed by atoms with Gasteiger partial charge in [0.05, 0.1) is 0 Å². The Balaban J connectivity index is 2.54. The number of carboxylic acid groups (broad SMARTS) is 1. The first-order valence-corrected chi connectivity index (χ1v) is 5.71. The van der Waals surface area contributed by atoms with Crippen molar-refractivity contribution in [1.82, 2.24) is 0 Å². The van der Waals surface area contributed by atoms with Crippen LogP contribution in [-0.4, -0.2) is 17.1 Å². The Morgan fingerprint density at radius 1 is 1.38 bits per heavy atom. The number of hydrogen-bond acceptors (Lipinski definition) is 2. The van der Waals surface area contributed by atoms with E-state index >= 15 is 0 Å². The maximum atomic E-state index is 10.6. The van der Waals surface area contributed by atoms with Gasteiger partial charge in [-0.2, -0.15) is 0 Å². The maximum absolute atomic E-state index is 10.6. The van der Waals surface area contributed by atoms with E-state index in [0.717, 1.165) is 12.1 Å². The molecule has 0 aliphatic heterocycles. The molecule has 2 N–H and O–H groups in total. The van der Waals surface area contributed by atoms with Crippen LogP contribution in [0.25, 0.3) is 0 Å². The van der Waals surface area contributed by atoms with Crippen LogP contribution < -0.4 is 5.32 Å². The zero-order chi connectivity index (χ0) is 12.0. The van der Waals surface area contributed by atoms with Crippen LogP contribution in [0.5, 0.6) is 0 Å². The van der Waals surface area contributed by atoms with Gasteiger partial charge in [-0.05, 0) is 37.5 Å². The van der Waals surface area contributed by atoms with Crippen LogP contribution in [-0.2, 0) is 11.2 Å². The van der Waals surface area contributed by atoms with Gasteiger partial charge >= 0.3 is 5.97 Å². The smallest absolute Gasteiger partial charge is 0.325 e. The normalized spacial score (nSPS) is 12.1. The summed E-state index contributed by atoms with van der Waals surface area (Å²) in [5.41, 5.74) is 2.16. The van der Waals surface area contributed by atoms with Crippen molar-refractivity contribution >= 4 is 11.7 Å². The standard InChI is InChI=1S/C13H19NO2/c1-3-4-5-11-6-8-12(9-7-11)14-10(2)13(15)16/h6-10,14H,3-5H2,1-2H3,(H,15,16). The minimum absolute atomic E-state index is 0.554. The van der Waals surface area contributed by atoms with E-state index < -0.39 is 12.0 Å². The molecular formula is C13H19NO2. The lowest BCUT2D eigenvalue weighted by Crippen LogP contribution is -2.25. The number of nitrogens with one attached hydrogen (secondary N) is 1. The third kappa shape index (κ3) is 3.93. The molecule has 1 unspecified atom stereocenters. The van der Waals surface area contributed by atoms with Crippen molar-refractivity contribution in [2.45, 2.75) is 39.2 Å². The van der Waals surface area contributed by atoms with Gasteiger partial charge in [-0.15, -0.1) is 0 Å². The average molecular weight is 221 g/mol. The van der Waals surface area contributed by atoms with E-state index in [1.807, 2.05) is 24.3 Å². The SMILES string of the molecule is CCCCc1ccc(NC(C)C(=O)O)cc1. The zero-order valence-corrected chi connectivity index (χ0v) is 9.86. The highest BCUT2D eigenvalue weighted by Crippen LogP contribution is 2.12. The lowest BCUT2D eigenvalue weighted by molar-refractivity contribution is -0.137. The van der Waals surface area contributed by atoms with Crippen LogP contribution in [0.15, 0.2) is 24.3 Å². The molecule has 0 bridgehead atoms. The number of carbonyl (C=O) groups is 1. The molecule has 1 aromatic rings. The van der Waals surface area contributed by atoms with Gasteiger partial charge in [-0.1, -0.05) is 25.5 Å². The number of unbranched alkanes of at least 4 members (excludes halogenated alkanes) is 1. The summed E-state index contributed by atoms with van der Waals surface area (Å²) in [6.45, 7) is 3.80. The third-order valence-electron chi connectivity index (χ3n) is 2.53. The monoisotopic (exact) mass is 221 g/mol. The van der Waals surface area contributed by atoms with Crippen molar-refractivity contribution in [2.24, 2.45) is 0 Å². The second kappa shape index (κ2) is 6.16. The molecule has 1 atom stereocenters. The van der Waals surface area contributed by atoms with Crippen molar-refractivity contribution in [2.75, 3.05) is 5.32 Å². The fourth-order valence-electron chi connectivity index (χ4n) is 1.46. The van der Waals surface area contributed by atoms with Crippen LogP contribution in [0.3, 0.4) is 0 Å². The van der Waals surface area contributed by atoms with Gasteiger partial charge in [0.25, 0.3) is 0 Å². The zero-order valence-electron chi connectivity index (χ0n) is 9.86. The number of rotatable bonds is 6. The van der Waals surface area contributed by atoms with Crippen molar-refractivity contribution in [3.8, 4) is 0 Å². The molecule has 0 amide bonds. The van der Waals surface area contributed by atoms with E-state index in [1.54, 1.807) is 6.92 Å². The molecule has 1 aromatic carbocycles. The number of carboxylic acids is 1. The molecule has 0 heterocycles. The van der Waals surface area contributed by atoms with E-state index in [9.17, 15) is 4.79 Å². The topological polar surface area (TPSA) is 49.3 Å². The third-order valence-corrected chi connectivity index (χ3v) is 2.53. The molecule has 16 heavy (non-hydrogen) atoms. The molecule has 0 spiro atoms. The number of anilines is 1. The number of aliphatic carboxylic acids is 1. The Hall–Kier alpha value is -1.51. The van der Waals surface area contributed by atoms with Crippen molar-refractivity contribution in [1.29, 1.82) is 0 Å². The van der Waals surface area contributed by atoms with Crippen LogP contribution in [0.4, 0.5) is 5.69 Å². The fraction of sp³-hybridized carbons (Fsp3) is 0.462. The van der Waals surface area contributed by atoms with Gasteiger partial charge in [-0.25, -0.2) is 0 Å². The van der Waals surface area contributed by atoms with Gasteiger partial charge in [0.1, 0.15) is 6.04 Å². The molecule has 0 aliphatic carbocycles. The molecule has 0 saturated heterocycles.